The molecule has 3 fully saturated rings. The zero-order valence-electron chi connectivity index (χ0n) is 14.6. The van der Waals surface area contributed by atoms with Crippen LogP contribution in [-0.2, 0) is 11.3 Å². The highest BCUT2D eigenvalue weighted by atomic mass is 16.5. The van der Waals surface area contributed by atoms with E-state index in [1.54, 1.807) is 0 Å². The number of fused-ring (bicyclic) bond motifs is 2. The predicted molar refractivity (Wildman–Crippen MR) is 89.3 cm³/mol. The maximum Gasteiger partial charge on any atom is 0.325 e. The second-order valence-electron chi connectivity index (χ2n) is 7.65. The first-order valence-electron chi connectivity index (χ1n) is 8.38. The molecule has 1 aromatic heterocycles. The summed E-state index contributed by atoms with van der Waals surface area (Å²) in [5, 5.41) is 16.2. The van der Waals surface area contributed by atoms with E-state index in [9.17, 15) is 9.59 Å². The fourth-order valence-corrected chi connectivity index (χ4v) is 4.55. The van der Waals surface area contributed by atoms with Crippen LogP contribution in [0.15, 0.2) is 11.0 Å². The summed E-state index contributed by atoms with van der Waals surface area (Å²) in [6.45, 7) is 6.46. The SMILES string of the molecule is COc1c(NC2C[C@H]3C[C@@H]([C@H]2C)C3(C)C)cnn(CC(=O)O)c1=O. The largest absolute Gasteiger partial charge is 0.490 e. The van der Waals surface area contributed by atoms with E-state index in [1.165, 1.54) is 19.7 Å². The van der Waals surface area contributed by atoms with Crippen molar-refractivity contribution in [3.8, 4) is 5.75 Å². The van der Waals surface area contributed by atoms with E-state index in [4.69, 9.17) is 9.84 Å². The van der Waals surface area contributed by atoms with E-state index in [1.807, 2.05) is 0 Å². The normalized spacial score (nSPS) is 30.3. The molecule has 4 atom stereocenters. The number of nitrogens with one attached hydrogen (secondary N) is 1. The lowest BCUT2D eigenvalue weighted by Gasteiger charge is -2.62. The number of methoxy groups -OCH3 is 1. The van der Waals surface area contributed by atoms with Gasteiger partial charge in [0.2, 0.25) is 5.75 Å². The van der Waals surface area contributed by atoms with Crippen molar-refractivity contribution in [2.24, 2.45) is 23.2 Å². The number of hydrogen-bond acceptors (Lipinski definition) is 5. The van der Waals surface area contributed by atoms with Crippen LogP contribution < -0.4 is 15.6 Å². The number of carboxylic acid groups (broad SMARTS) is 1. The highest BCUT2D eigenvalue weighted by Crippen LogP contribution is 2.61. The molecule has 3 aliphatic rings. The molecule has 0 amide bonds. The fraction of sp³-hybridized carbons (Fsp3) is 0.706. The van der Waals surface area contributed by atoms with Gasteiger partial charge in [-0.2, -0.15) is 5.10 Å². The van der Waals surface area contributed by atoms with Gasteiger partial charge in [-0.3, -0.25) is 9.59 Å². The standard InChI is InChI=1S/C17H25N3O4/c1-9-11-5-10(17(11,2)3)6-12(9)19-13-7-18-20(8-14(21)22)16(23)15(13)24-4/h7,9-12,19H,5-6,8H2,1-4H3,(H,21,22)/t9-,10-,11+,12?/m1/s1. The Labute approximate surface area is 141 Å². The van der Waals surface area contributed by atoms with Gasteiger partial charge >= 0.3 is 11.5 Å². The summed E-state index contributed by atoms with van der Waals surface area (Å²) in [4.78, 5) is 23.1. The van der Waals surface area contributed by atoms with Crippen LogP contribution in [0.2, 0.25) is 0 Å². The van der Waals surface area contributed by atoms with E-state index in [-0.39, 0.29) is 11.8 Å². The summed E-state index contributed by atoms with van der Waals surface area (Å²) in [5.74, 6) is 0.881. The van der Waals surface area contributed by atoms with Gasteiger partial charge in [0.25, 0.3) is 0 Å². The number of rotatable bonds is 5. The summed E-state index contributed by atoms with van der Waals surface area (Å²) in [6.07, 6.45) is 3.83. The van der Waals surface area contributed by atoms with Crippen molar-refractivity contribution in [3.63, 3.8) is 0 Å². The van der Waals surface area contributed by atoms with Crippen LogP contribution in [0.5, 0.6) is 5.75 Å². The number of nitrogens with zero attached hydrogens (tertiary/aromatic N) is 2. The highest BCUT2D eigenvalue weighted by molar-refractivity contribution is 5.66. The molecule has 24 heavy (non-hydrogen) atoms. The van der Waals surface area contributed by atoms with Gasteiger partial charge in [-0.1, -0.05) is 20.8 Å². The maximum atomic E-state index is 12.3. The van der Waals surface area contributed by atoms with Crippen molar-refractivity contribution < 1.29 is 14.6 Å². The van der Waals surface area contributed by atoms with Gasteiger partial charge in [0, 0.05) is 6.04 Å². The van der Waals surface area contributed by atoms with Crippen LogP contribution in [0.4, 0.5) is 5.69 Å². The molecule has 7 nitrogen and oxygen atoms in total. The number of aliphatic carboxylic acids is 1. The number of anilines is 1. The van der Waals surface area contributed by atoms with Gasteiger partial charge in [-0.15, -0.1) is 0 Å². The van der Waals surface area contributed by atoms with Crippen molar-refractivity contribution in [1.29, 1.82) is 0 Å². The molecule has 132 valence electrons. The second kappa shape index (κ2) is 5.79. The van der Waals surface area contributed by atoms with Gasteiger partial charge < -0.3 is 15.2 Å². The third-order valence-electron chi connectivity index (χ3n) is 6.18. The van der Waals surface area contributed by atoms with E-state index < -0.39 is 18.1 Å². The van der Waals surface area contributed by atoms with Gasteiger partial charge in [0.15, 0.2) is 0 Å². The average molecular weight is 335 g/mol. The Balaban J connectivity index is 1.82. The Morgan fingerprint density at radius 3 is 2.75 bits per heavy atom. The zero-order valence-corrected chi connectivity index (χ0v) is 14.6. The first-order chi connectivity index (χ1) is 11.3. The molecular weight excluding hydrogens is 310 g/mol. The Kier molecular flexibility index (Phi) is 4.05. The van der Waals surface area contributed by atoms with Gasteiger partial charge in [0.1, 0.15) is 12.2 Å². The zero-order chi connectivity index (χ0) is 17.6. The molecule has 0 radical (unpaired) electrons. The molecule has 1 heterocycles. The summed E-state index contributed by atoms with van der Waals surface area (Å²) < 4.78 is 6.13. The summed E-state index contributed by atoms with van der Waals surface area (Å²) in [6, 6.07) is 0.271. The Hall–Kier alpha value is -2.05. The van der Waals surface area contributed by atoms with E-state index in [0.717, 1.165) is 11.1 Å². The molecule has 4 rings (SSSR count). The molecule has 3 aliphatic carbocycles. The number of carbonyl (C=O) groups is 1. The van der Waals surface area contributed by atoms with Gasteiger partial charge in [0.05, 0.1) is 13.3 Å². The molecule has 7 heteroatoms. The lowest BCUT2D eigenvalue weighted by molar-refractivity contribution is -0.138. The van der Waals surface area contributed by atoms with E-state index in [2.05, 4.69) is 31.2 Å². The van der Waals surface area contributed by atoms with Crippen molar-refractivity contribution >= 4 is 11.7 Å². The third-order valence-corrected chi connectivity index (χ3v) is 6.18. The number of hydrogen-bond donors (Lipinski definition) is 2. The van der Waals surface area contributed by atoms with Crippen molar-refractivity contribution in [3.05, 3.63) is 16.6 Å². The Morgan fingerprint density at radius 1 is 1.50 bits per heavy atom. The molecule has 3 saturated carbocycles. The lowest BCUT2D eigenvalue weighted by Crippen LogP contribution is -2.58. The van der Waals surface area contributed by atoms with E-state index >= 15 is 0 Å². The minimum absolute atomic E-state index is 0.122. The number of aromatic nitrogens is 2. The van der Waals surface area contributed by atoms with E-state index in [0.29, 0.717) is 28.9 Å². The molecule has 0 saturated heterocycles. The molecule has 2 bridgehead atoms. The minimum atomic E-state index is -1.12. The van der Waals surface area contributed by atoms with Crippen LogP contribution in [0.1, 0.15) is 33.6 Å². The number of ether oxygens (including phenoxy) is 1. The summed E-state index contributed by atoms with van der Waals surface area (Å²) in [5.41, 5.74) is 0.407. The summed E-state index contributed by atoms with van der Waals surface area (Å²) >= 11 is 0. The highest BCUT2D eigenvalue weighted by Gasteiger charge is 2.56. The molecule has 0 aromatic carbocycles. The molecule has 0 spiro atoms. The molecule has 2 N–H and O–H groups in total. The van der Waals surface area contributed by atoms with Crippen LogP contribution in [0.25, 0.3) is 0 Å². The Bertz CT molecular complexity index is 712. The molecule has 1 aromatic rings. The first-order valence-corrected chi connectivity index (χ1v) is 8.38. The van der Waals surface area contributed by atoms with Crippen LogP contribution in [0.3, 0.4) is 0 Å². The fourth-order valence-electron chi connectivity index (χ4n) is 4.55. The minimum Gasteiger partial charge on any atom is -0.490 e. The van der Waals surface area contributed by atoms with Gasteiger partial charge in [-0.25, -0.2) is 4.68 Å². The van der Waals surface area contributed by atoms with Crippen LogP contribution >= 0.6 is 0 Å². The third kappa shape index (κ3) is 2.56. The smallest absolute Gasteiger partial charge is 0.325 e. The summed E-state index contributed by atoms with van der Waals surface area (Å²) in [7, 11) is 1.41. The molecule has 1 unspecified atom stereocenters. The first kappa shape index (κ1) is 16.8. The van der Waals surface area contributed by atoms with Crippen LogP contribution in [0, 0.1) is 23.2 Å². The van der Waals surface area contributed by atoms with Crippen molar-refractivity contribution in [2.75, 3.05) is 12.4 Å². The quantitative estimate of drug-likeness (QED) is 0.852. The lowest BCUT2D eigenvalue weighted by atomic mass is 9.45. The molecular formula is C17H25N3O4. The van der Waals surface area contributed by atoms with Crippen molar-refractivity contribution in [2.45, 2.75) is 46.2 Å². The topological polar surface area (TPSA) is 93.4 Å². The monoisotopic (exact) mass is 335 g/mol. The predicted octanol–water partition coefficient (Wildman–Crippen LogP) is 1.82. The number of carboxylic acids is 1. The van der Waals surface area contributed by atoms with Crippen molar-refractivity contribution in [1.82, 2.24) is 9.78 Å². The van der Waals surface area contributed by atoms with Gasteiger partial charge in [-0.05, 0) is 36.0 Å². The van der Waals surface area contributed by atoms with Crippen LogP contribution in [-0.4, -0.2) is 34.0 Å². The maximum absolute atomic E-state index is 12.3. The Morgan fingerprint density at radius 2 is 2.21 bits per heavy atom. The molecule has 0 aliphatic heterocycles. The average Bonchev–Trinajstić information content (AvgIpc) is 2.51. The second-order valence-corrected chi connectivity index (χ2v) is 7.65.